The van der Waals surface area contributed by atoms with E-state index in [0.29, 0.717) is 36.6 Å². The zero-order valence-corrected chi connectivity index (χ0v) is 15.3. The van der Waals surface area contributed by atoms with Gasteiger partial charge in [0.1, 0.15) is 0 Å². The van der Waals surface area contributed by atoms with Crippen molar-refractivity contribution >= 4 is 17.5 Å². The molecule has 0 aliphatic carbocycles. The minimum atomic E-state index is -0.482. The van der Waals surface area contributed by atoms with Gasteiger partial charge in [0.2, 0.25) is 0 Å². The first-order valence-electron chi connectivity index (χ1n) is 8.42. The first kappa shape index (κ1) is 18.0. The smallest absolute Gasteiger partial charge is 0.253 e. The number of hydrogen-bond acceptors (Lipinski definition) is 3. The van der Waals surface area contributed by atoms with Crippen molar-refractivity contribution in [3.63, 3.8) is 0 Å². The molecule has 1 amide bonds. The minimum Gasteiger partial charge on any atom is -0.396 e. The number of aryl methyl sites for hydroxylation is 1. The SMILES string of the molecule is Cc1cc(C(=O)N[C@]2(CCO)CCOC2)c(C)n1-c1cccc(Cl)c1. The molecule has 0 bridgehead atoms. The number of aromatic nitrogens is 1. The van der Waals surface area contributed by atoms with Crippen molar-refractivity contribution in [2.45, 2.75) is 32.2 Å². The highest BCUT2D eigenvalue weighted by molar-refractivity contribution is 6.30. The van der Waals surface area contributed by atoms with E-state index in [1.54, 1.807) is 0 Å². The van der Waals surface area contributed by atoms with Gasteiger partial charge in [-0.05, 0) is 51.0 Å². The van der Waals surface area contributed by atoms with Crippen molar-refractivity contribution in [3.8, 4) is 5.69 Å². The van der Waals surface area contributed by atoms with Crippen LogP contribution in [0.15, 0.2) is 30.3 Å². The predicted octanol–water partition coefficient (Wildman–Crippen LogP) is 3.02. The summed E-state index contributed by atoms with van der Waals surface area (Å²) in [6.45, 7) is 4.94. The van der Waals surface area contributed by atoms with E-state index in [-0.39, 0.29) is 12.5 Å². The molecular weight excluding hydrogens is 340 g/mol. The Morgan fingerprint density at radius 3 is 2.84 bits per heavy atom. The van der Waals surface area contributed by atoms with E-state index in [9.17, 15) is 9.90 Å². The van der Waals surface area contributed by atoms with Crippen LogP contribution in [0.4, 0.5) is 0 Å². The van der Waals surface area contributed by atoms with E-state index in [4.69, 9.17) is 16.3 Å². The molecule has 2 heterocycles. The van der Waals surface area contributed by atoms with Gasteiger partial charge < -0.3 is 19.7 Å². The molecule has 1 fully saturated rings. The highest BCUT2D eigenvalue weighted by atomic mass is 35.5. The summed E-state index contributed by atoms with van der Waals surface area (Å²) in [5.74, 6) is -0.139. The lowest BCUT2D eigenvalue weighted by Crippen LogP contribution is -2.49. The van der Waals surface area contributed by atoms with Crippen molar-refractivity contribution in [1.82, 2.24) is 9.88 Å². The zero-order valence-electron chi connectivity index (χ0n) is 14.5. The second-order valence-electron chi connectivity index (χ2n) is 6.61. The van der Waals surface area contributed by atoms with Crippen LogP contribution in [0.3, 0.4) is 0 Å². The Bertz CT molecular complexity index is 779. The minimum absolute atomic E-state index is 0.0190. The molecule has 1 aromatic carbocycles. The Morgan fingerprint density at radius 1 is 1.40 bits per heavy atom. The molecule has 1 aliphatic rings. The second-order valence-corrected chi connectivity index (χ2v) is 7.05. The summed E-state index contributed by atoms with van der Waals surface area (Å²) in [6, 6.07) is 9.44. The third-order valence-corrected chi connectivity index (χ3v) is 5.05. The van der Waals surface area contributed by atoms with Gasteiger partial charge in [0.05, 0.1) is 17.7 Å². The van der Waals surface area contributed by atoms with Crippen LogP contribution in [-0.4, -0.2) is 40.9 Å². The van der Waals surface area contributed by atoms with Gasteiger partial charge in [-0.3, -0.25) is 4.79 Å². The van der Waals surface area contributed by atoms with Crippen LogP contribution in [0.5, 0.6) is 0 Å². The summed E-state index contributed by atoms with van der Waals surface area (Å²) in [4.78, 5) is 12.9. The van der Waals surface area contributed by atoms with Crippen molar-refractivity contribution in [3.05, 3.63) is 52.3 Å². The molecule has 2 aromatic rings. The van der Waals surface area contributed by atoms with Crippen LogP contribution in [0.1, 0.15) is 34.6 Å². The summed E-state index contributed by atoms with van der Waals surface area (Å²) in [6.07, 6.45) is 1.21. The number of nitrogens with one attached hydrogen (secondary N) is 1. The second kappa shape index (κ2) is 7.20. The molecule has 3 rings (SSSR count). The Balaban J connectivity index is 1.90. The van der Waals surface area contributed by atoms with Crippen molar-refractivity contribution in [2.75, 3.05) is 19.8 Å². The largest absolute Gasteiger partial charge is 0.396 e. The van der Waals surface area contributed by atoms with Crippen LogP contribution < -0.4 is 5.32 Å². The molecule has 134 valence electrons. The topological polar surface area (TPSA) is 63.5 Å². The van der Waals surface area contributed by atoms with E-state index in [1.165, 1.54) is 0 Å². The number of nitrogens with zero attached hydrogens (tertiary/aromatic N) is 1. The number of aliphatic hydroxyl groups is 1. The van der Waals surface area contributed by atoms with Crippen LogP contribution >= 0.6 is 11.6 Å². The number of hydrogen-bond donors (Lipinski definition) is 2. The number of benzene rings is 1. The third-order valence-electron chi connectivity index (χ3n) is 4.81. The van der Waals surface area contributed by atoms with E-state index in [0.717, 1.165) is 17.1 Å². The summed E-state index contributed by atoms with van der Waals surface area (Å²) >= 11 is 6.11. The fourth-order valence-corrected chi connectivity index (χ4v) is 3.68. The standard InChI is InChI=1S/C19H23ClN2O3/c1-13-10-17(14(2)22(13)16-5-3-4-15(20)11-16)18(24)21-19(6-8-23)7-9-25-12-19/h3-5,10-11,23H,6-9,12H2,1-2H3,(H,21,24)/t19-/m1/s1. The number of aliphatic hydroxyl groups excluding tert-OH is 1. The lowest BCUT2D eigenvalue weighted by atomic mass is 9.94. The van der Waals surface area contributed by atoms with Gasteiger partial charge in [0.25, 0.3) is 5.91 Å². The third kappa shape index (κ3) is 3.59. The Labute approximate surface area is 152 Å². The molecule has 2 N–H and O–H groups in total. The number of halogens is 1. The molecule has 25 heavy (non-hydrogen) atoms. The highest BCUT2D eigenvalue weighted by Gasteiger charge is 2.36. The molecule has 1 atom stereocenters. The summed E-state index contributed by atoms with van der Waals surface area (Å²) in [7, 11) is 0. The fourth-order valence-electron chi connectivity index (χ4n) is 3.49. The maximum atomic E-state index is 12.9. The summed E-state index contributed by atoms with van der Waals surface area (Å²) < 4.78 is 7.46. The normalized spacial score (nSPS) is 20.0. The van der Waals surface area contributed by atoms with E-state index >= 15 is 0 Å². The Kier molecular flexibility index (Phi) is 5.18. The quantitative estimate of drug-likeness (QED) is 0.859. The number of carbonyl (C=O) groups excluding carboxylic acids is 1. The van der Waals surface area contributed by atoms with Crippen molar-refractivity contribution in [2.24, 2.45) is 0 Å². The van der Waals surface area contributed by atoms with Gasteiger partial charge in [0, 0.05) is 35.3 Å². The fraction of sp³-hybridized carbons (Fsp3) is 0.421. The van der Waals surface area contributed by atoms with Crippen molar-refractivity contribution < 1.29 is 14.6 Å². The maximum absolute atomic E-state index is 12.9. The maximum Gasteiger partial charge on any atom is 0.253 e. The van der Waals surface area contributed by atoms with Gasteiger partial charge in [-0.2, -0.15) is 0 Å². The molecule has 1 saturated heterocycles. The molecule has 1 aromatic heterocycles. The highest BCUT2D eigenvalue weighted by Crippen LogP contribution is 2.26. The number of amides is 1. The molecule has 6 heteroatoms. The van der Waals surface area contributed by atoms with Crippen LogP contribution in [0, 0.1) is 13.8 Å². The Hall–Kier alpha value is -1.82. The zero-order chi connectivity index (χ0) is 18.0. The van der Waals surface area contributed by atoms with Crippen LogP contribution in [0.25, 0.3) is 5.69 Å². The lowest BCUT2D eigenvalue weighted by molar-refractivity contribution is 0.0850. The van der Waals surface area contributed by atoms with Crippen molar-refractivity contribution in [1.29, 1.82) is 0 Å². The van der Waals surface area contributed by atoms with E-state index in [2.05, 4.69) is 5.32 Å². The molecule has 1 aliphatic heterocycles. The molecule has 0 unspecified atom stereocenters. The summed E-state index contributed by atoms with van der Waals surface area (Å²) in [5, 5.41) is 13.1. The average molecular weight is 363 g/mol. The van der Waals surface area contributed by atoms with Gasteiger partial charge in [-0.15, -0.1) is 0 Å². The average Bonchev–Trinajstić information content (AvgIpc) is 3.12. The van der Waals surface area contributed by atoms with Gasteiger partial charge in [-0.25, -0.2) is 0 Å². The molecule has 0 saturated carbocycles. The number of rotatable bonds is 5. The lowest BCUT2D eigenvalue weighted by Gasteiger charge is -2.28. The van der Waals surface area contributed by atoms with E-state index < -0.39 is 5.54 Å². The van der Waals surface area contributed by atoms with Gasteiger partial charge >= 0.3 is 0 Å². The summed E-state index contributed by atoms with van der Waals surface area (Å²) in [5.41, 5.74) is 2.89. The Morgan fingerprint density at radius 2 is 2.20 bits per heavy atom. The molecular formula is C19H23ClN2O3. The number of ether oxygens (including phenoxy) is 1. The monoisotopic (exact) mass is 362 g/mol. The predicted molar refractivity (Wildman–Crippen MR) is 97.6 cm³/mol. The number of carbonyl (C=O) groups is 1. The first-order valence-corrected chi connectivity index (χ1v) is 8.79. The molecule has 0 spiro atoms. The van der Waals surface area contributed by atoms with Gasteiger partial charge in [0.15, 0.2) is 0 Å². The van der Waals surface area contributed by atoms with Gasteiger partial charge in [-0.1, -0.05) is 17.7 Å². The molecule has 0 radical (unpaired) electrons. The first-order chi connectivity index (χ1) is 12.0. The molecule has 5 nitrogen and oxygen atoms in total. The van der Waals surface area contributed by atoms with Crippen LogP contribution in [-0.2, 0) is 4.74 Å². The van der Waals surface area contributed by atoms with Crippen LogP contribution in [0.2, 0.25) is 5.02 Å². The van der Waals surface area contributed by atoms with E-state index in [1.807, 2.05) is 48.7 Å².